The Kier molecular flexibility index (Phi) is 5.36. The Morgan fingerprint density at radius 1 is 1.21 bits per heavy atom. The highest BCUT2D eigenvalue weighted by atomic mass is 16.2. The van der Waals surface area contributed by atoms with Gasteiger partial charge in [0, 0.05) is 33.2 Å². The van der Waals surface area contributed by atoms with Crippen LogP contribution in [0.25, 0.3) is 0 Å². The van der Waals surface area contributed by atoms with Gasteiger partial charge < -0.3 is 15.1 Å². The highest BCUT2D eigenvalue weighted by molar-refractivity contribution is 6.07. The van der Waals surface area contributed by atoms with Gasteiger partial charge in [-0.3, -0.25) is 14.7 Å². The maximum absolute atomic E-state index is 13.5. The van der Waals surface area contributed by atoms with Gasteiger partial charge in [0.1, 0.15) is 17.2 Å². The molecule has 1 aromatic rings. The summed E-state index contributed by atoms with van der Waals surface area (Å²) in [6, 6.07) is -0.0824. The fraction of sp³-hybridized carbons (Fsp3) is 0.714. The van der Waals surface area contributed by atoms with Crippen LogP contribution in [0.4, 0.5) is 16.4 Å². The summed E-state index contributed by atoms with van der Waals surface area (Å²) in [5, 5.41) is 3.02. The van der Waals surface area contributed by atoms with Gasteiger partial charge in [-0.2, -0.15) is 0 Å². The fourth-order valence-corrected chi connectivity index (χ4v) is 4.71. The first-order chi connectivity index (χ1) is 13.9. The predicted octanol–water partition coefficient (Wildman–Crippen LogP) is 2.58. The van der Waals surface area contributed by atoms with E-state index in [0.717, 1.165) is 24.5 Å². The van der Waals surface area contributed by atoms with Gasteiger partial charge in [-0.1, -0.05) is 20.3 Å². The van der Waals surface area contributed by atoms with Gasteiger partial charge >= 0.3 is 6.03 Å². The van der Waals surface area contributed by atoms with Crippen LogP contribution in [-0.2, 0) is 4.79 Å². The molecule has 3 amide bonds. The Hall–Kier alpha value is -2.38. The topological polar surface area (TPSA) is 81.7 Å². The van der Waals surface area contributed by atoms with Gasteiger partial charge in [0.2, 0.25) is 0 Å². The first-order valence-electron chi connectivity index (χ1n) is 10.8. The fourth-order valence-electron chi connectivity index (χ4n) is 4.71. The lowest BCUT2D eigenvalue weighted by Gasteiger charge is -2.43. The average Bonchev–Trinajstić information content (AvgIpc) is 2.87. The number of nitrogens with one attached hydrogen (secondary N) is 1. The van der Waals surface area contributed by atoms with E-state index >= 15 is 0 Å². The molecule has 1 aliphatic carbocycles. The highest BCUT2D eigenvalue weighted by Gasteiger charge is 2.58. The maximum Gasteiger partial charge on any atom is 0.327 e. The van der Waals surface area contributed by atoms with Crippen molar-refractivity contribution in [2.24, 2.45) is 11.8 Å². The third-order valence-electron chi connectivity index (χ3n) is 6.63. The number of nitrogens with zero attached hydrogens (tertiary/aromatic N) is 5. The van der Waals surface area contributed by atoms with Gasteiger partial charge in [-0.25, -0.2) is 9.78 Å². The van der Waals surface area contributed by atoms with Gasteiger partial charge in [-0.05, 0) is 37.5 Å². The van der Waals surface area contributed by atoms with E-state index in [1.165, 1.54) is 6.42 Å². The molecule has 2 saturated heterocycles. The van der Waals surface area contributed by atoms with Crippen molar-refractivity contribution in [3.63, 3.8) is 0 Å². The van der Waals surface area contributed by atoms with E-state index in [2.05, 4.69) is 34.0 Å². The second-order valence-electron chi connectivity index (χ2n) is 9.03. The van der Waals surface area contributed by atoms with E-state index in [9.17, 15) is 9.59 Å². The number of carbonyl (C=O) groups is 2. The molecule has 8 nitrogen and oxygen atoms in total. The molecule has 0 radical (unpaired) electrons. The maximum atomic E-state index is 13.5. The number of piperidine rings is 1. The summed E-state index contributed by atoms with van der Waals surface area (Å²) in [7, 11) is 1.82. The Morgan fingerprint density at radius 3 is 2.52 bits per heavy atom. The minimum absolute atomic E-state index is 0.0183. The second kappa shape index (κ2) is 7.80. The van der Waals surface area contributed by atoms with Crippen LogP contribution in [0.3, 0.4) is 0 Å². The molecule has 8 heteroatoms. The molecule has 3 fully saturated rings. The van der Waals surface area contributed by atoms with Crippen molar-refractivity contribution >= 4 is 23.6 Å². The van der Waals surface area contributed by atoms with Crippen molar-refractivity contribution in [1.29, 1.82) is 0 Å². The molecule has 0 aromatic carbocycles. The molecule has 1 N–H and O–H groups in total. The van der Waals surface area contributed by atoms with Crippen molar-refractivity contribution in [2.45, 2.75) is 51.5 Å². The van der Waals surface area contributed by atoms with Crippen LogP contribution in [-0.4, -0.2) is 70.5 Å². The lowest BCUT2D eigenvalue weighted by molar-refractivity contribution is -0.135. The van der Waals surface area contributed by atoms with Gasteiger partial charge in [0.25, 0.3) is 5.91 Å². The summed E-state index contributed by atoms with van der Waals surface area (Å²) < 4.78 is 0. The minimum atomic E-state index is -0.699. The number of urea groups is 1. The zero-order valence-electron chi connectivity index (χ0n) is 17.7. The number of carbonyl (C=O) groups excluding carboxylic acids is 2. The van der Waals surface area contributed by atoms with E-state index < -0.39 is 5.54 Å². The third-order valence-corrected chi connectivity index (χ3v) is 6.63. The van der Waals surface area contributed by atoms with Crippen LogP contribution in [0, 0.1) is 11.8 Å². The molecule has 29 heavy (non-hydrogen) atoms. The van der Waals surface area contributed by atoms with Gasteiger partial charge in [-0.15, -0.1) is 0 Å². The molecule has 158 valence electrons. The van der Waals surface area contributed by atoms with E-state index in [1.807, 2.05) is 11.9 Å². The van der Waals surface area contributed by atoms with Crippen LogP contribution in [0.2, 0.25) is 0 Å². The quantitative estimate of drug-likeness (QED) is 0.739. The number of rotatable bonds is 6. The number of aromatic nitrogens is 2. The van der Waals surface area contributed by atoms with Crippen LogP contribution in [0.1, 0.15) is 46.0 Å². The smallest absolute Gasteiger partial charge is 0.327 e. The molecular formula is C21H32N6O2. The molecule has 1 aromatic heterocycles. The SMILES string of the molecule is CNc1cncc(N2CCC3(CC2)C(=O)N(CC2CCC2)C(=O)N3CC(C)C)n1. The van der Waals surface area contributed by atoms with Crippen molar-refractivity contribution in [1.82, 2.24) is 19.8 Å². The Balaban J connectivity index is 1.54. The number of hydrogen-bond acceptors (Lipinski definition) is 6. The monoisotopic (exact) mass is 400 g/mol. The van der Waals surface area contributed by atoms with E-state index in [1.54, 1.807) is 17.3 Å². The highest BCUT2D eigenvalue weighted by Crippen LogP contribution is 2.40. The number of amides is 3. The Labute approximate surface area is 172 Å². The van der Waals surface area contributed by atoms with E-state index in [-0.39, 0.29) is 11.9 Å². The largest absolute Gasteiger partial charge is 0.372 e. The summed E-state index contributed by atoms with van der Waals surface area (Å²) in [4.78, 5) is 41.2. The zero-order valence-corrected chi connectivity index (χ0v) is 17.7. The second-order valence-corrected chi connectivity index (χ2v) is 9.03. The van der Waals surface area contributed by atoms with Gasteiger partial charge in [0.15, 0.2) is 0 Å². The van der Waals surface area contributed by atoms with Crippen LogP contribution in [0.15, 0.2) is 12.4 Å². The molecule has 3 heterocycles. The molecule has 1 saturated carbocycles. The first-order valence-corrected chi connectivity index (χ1v) is 10.8. The van der Waals surface area contributed by atoms with Crippen molar-refractivity contribution < 1.29 is 9.59 Å². The summed E-state index contributed by atoms with van der Waals surface area (Å²) >= 11 is 0. The number of anilines is 2. The summed E-state index contributed by atoms with van der Waals surface area (Å²) in [5.41, 5.74) is -0.699. The van der Waals surface area contributed by atoms with Gasteiger partial charge in [0.05, 0.1) is 12.4 Å². The molecular weight excluding hydrogens is 368 g/mol. The predicted molar refractivity (Wildman–Crippen MR) is 112 cm³/mol. The van der Waals surface area contributed by atoms with Crippen LogP contribution >= 0.6 is 0 Å². The molecule has 1 spiro atoms. The van der Waals surface area contributed by atoms with Crippen molar-refractivity contribution in [3.8, 4) is 0 Å². The van der Waals surface area contributed by atoms with E-state index in [0.29, 0.717) is 50.9 Å². The number of imide groups is 1. The molecule has 3 aliphatic rings. The Bertz CT molecular complexity index is 770. The summed E-state index contributed by atoms with van der Waals surface area (Å²) in [5.74, 6) is 2.36. The minimum Gasteiger partial charge on any atom is -0.372 e. The van der Waals surface area contributed by atoms with Crippen LogP contribution in [0.5, 0.6) is 0 Å². The van der Waals surface area contributed by atoms with Crippen LogP contribution < -0.4 is 10.2 Å². The normalized spacial score (nSPS) is 22.0. The van der Waals surface area contributed by atoms with Crippen molar-refractivity contribution in [2.75, 3.05) is 43.4 Å². The first kappa shape index (κ1) is 19.9. The zero-order chi connectivity index (χ0) is 20.6. The number of hydrogen-bond donors (Lipinski definition) is 1. The Morgan fingerprint density at radius 2 is 1.93 bits per heavy atom. The lowest BCUT2D eigenvalue weighted by Crippen LogP contribution is -2.57. The molecule has 4 rings (SSSR count). The summed E-state index contributed by atoms with van der Waals surface area (Å²) in [6.45, 7) is 6.80. The lowest BCUT2D eigenvalue weighted by atomic mass is 9.83. The summed E-state index contributed by atoms with van der Waals surface area (Å²) in [6.07, 6.45) is 8.19. The molecule has 2 aliphatic heterocycles. The average molecular weight is 401 g/mol. The molecule has 0 unspecified atom stereocenters. The van der Waals surface area contributed by atoms with E-state index in [4.69, 9.17) is 0 Å². The van der Waals surface area contributed by atoms with Crippen molar-refractivity contribution in [3.05, 3.63) is 12.4 Å². The molecule has 0 atom stereocenters. The standard InChI is InChI=1S/C21H32N6O2/c1-15(2)13-27-20(29)26(14-16-5-4-6-16)19(28)21(27)7-9-25(10-8-21)18-12-23-11-17(22-3)24-18/h11-12,15-16H,4-10,13-14H2,1-3H3,(H,22,24). The third kappa shape index (κ3) is 3.53. The molecule has 0 bridgehead atoms.